The normalized spacial score (nSPS) is 12.2. The molecule has 0 bridgehead atoms. The molecule has 0 fully saturated rings. The Morgan fingerprint density at radius 1 is 1.28 bits per heavy atom. The van der Waals surface area contributed by atoms with Crippen molar-refractivity contribution in [2.24, 2.45) is 0 Å². The highest BCUT2D eigenvalue weighted by atomic mass is 19.1. The first-order valence-corrected chi connectivity index (χ1v) is 5.65. The predicted octanol–water partition coefficient (Wildman–Crippen LogP) is 1.96. The number of amides is 1. The number of halogens is 1. The van der Waals surface area contributed by atoms with Gasteiger partial charge in [-0.05, 0) is 23.6 Å². The van der Waals surface area contributed by atoms with Crippen LogP contribution < -0.4 is 5.32 Å². The molecule has 0 aliphatic carbocycles. The second-order valence-electron chi connectivity index (χ2n) is 4.30. The lowest BCUT2D eigenvalue weighted by Crippen LogP contribution is -2.42. The minimum atomic E-state index is -1.50. The molecule has 1 unspecified atom stereocenters. The standard InChI is InChI=1S/C13H16FNO3/c1-8(2)9-3-5-10(6-4-9)12(16)15-11(7-14)13(17)18/h3-6,8,11H,7H2,1-2H3,(H,15,16)(H,17,18). The molecule has 0 heterocycles. The summed E-state index contributed by atoms with van der Waals surface area (Å²) in [4.78, 5) is 22.2. The maximum absolute atomic E-state index is 12.4. The average Bonchev–Trinajstić information content (AvgIpc) is 2.35. The van der Waals surface area contributed by atoms with E-state index in [2.05, 4.69) is 5.32 Å². The summed E-state index contributed by atoms with van der Waals surface area (Å²) in [6.07, 6.45) is 0. The summed E-state index contributed by atoms with van der Waals surface area (Å²) in [6.45, 7) is 2.92. The van der Waals surface area contributed by atoms with Gasteiger partial charge in [0.05, 0.1) is 0 Å². The molecule has 1 aromatic carbocycles. The second kappa shape index (κ2) is 6.14. The van der Waals surface area contributed by atoms with Gasteiger partial charge in [-0.15, -0.1) is 0 Å². The lowest BCUT2D eigenvalue weighted by Gasteiger charge is -2.11. The van der Waals surface area contributed by atoms with Crippen LogP contribution in [0.3, 0.4) is 0 Å². The molecule has 1 rings (SSSR count). The van der Waals surface area contributed by atoms with Crippen LogP contribution in [0.5, 0.6) is 0 Å². The zero-order valence-electron chi connectivity index (χ0n) is 10.3. The van der Waals surface area contributed by atoms with E-state index in [1.807, 2.05) is 13.8 Å². The quantitative estimate of drug-likeness (QED) is 0.843. The fourth-order valence-corrected chi connectivity index (χ4v) is 1.43. The van der Waals surface area contributed by atoms with Crippen LogP contribution >= 0.6 is 0 Å². The number of rotatable bonds is 5. The van der Waals surface area contributed by atoms with E-state index in [4.69, 9.17) is 5.11 Å². The van der Waals surface area contributed by atoms with Crippen molar-refractivity contribution in [1.82, 2.24) is 5.32 Å². The molecular weight excluding hydrogens is 237 g/mol. The van der Waals surface area contributed by atoms with Gasteiger partial charge in [0.25, 0.3) is 5.91 Å². The first-order chi connectivity index (χ1) is 8.45. The minimum absolute atomic E-state index is 0.319. The number of nitrogens with one attached hydrogen (secondary N) is 1. The van der Waals surface area contributed by atoms with Crippen molar-refractivity contribution < 1.29 is 19.1 Å². The number of carbonyl (C=O) groups excluding carboxylic acids is 1. The molecule has 0 aliphatic heterocycles. The molecule has 4 nitrogen and oxygen atoms in total. The molecule has 0 saturated carbocycles. The number of benzene rings is 1. The van der Waals surface area contributed by atoms with E-state index in [1.165, 1.54) is 0 Å². The van der Waals surface area contributed by atoms with Crippen molar-refractivity contribution in [2.45, 2.75) is 25.8 Å². The summed E-state index contributed by atoms with van der Waals surface area (Å²) < 4.78 is 12.4. The van der Waals surface area contributed by atoms with Gasteiger partial charge in [-0.1, -0.05) is 26.0 Å². The van der Waals surface area contributed by atoms with Crippen LogP contribution in [0, 0.1) is 0 Å². The van der Waals surface area contributed by atoms with E-state index in [0.29, 0.717) is 11.5 Å². The Labute approximate surface area is 105 Å². The monoisotopic (exact) mass is 253 g/mol. The van der Waals surface area contributed by atoms with Gasteiger partial charge in [0, 0.05) is 5.56 Å². The number of alkyl halides is 1. The Balaban J connectivity index is 2.75. The molecule has 0 aromatic heterocycles. The molecule has 98 valence electrons. The molecule has 1 aromatic rings. The van der Waals surface area contributed by atoms with Crippen molar-refractivity contribution in [2.75, 3.05) is 6.67 Å². The van der Waals surface area contributed by atoms with E-state index in [-0.39, 0.29) is 0 Å². The van der Waals surface area contributed by atoms with Crippen LogP contribution in [-0.4, -0.2) is 29.7 Å². The highest BCUT2D eigenvalue weighted by Gasteiger charge is 2.20. The number of carboxylic acids is 1. The van der Waals surface area contributed by atoms with Gasteiger partial charge in [0.15, 0.2) is 6.04 Å². The Hall–Kier alpha value is -1.91. The lowest BCUT2D eigenvalue weighted by atomic mass is 10.0. The predicted molar refractivity (Wildman–Crippen MR) is 65.4 cm³/mol. The van der Waals surface area contributed by atoms with Crippen molar-refractivity contribution in [3.8, 4) is 0 Å². The minimum Gasteiger partial charge on any atom is -0.480 e. The molecule has 18 heavy (non-hydrogen) atoms. The fourth-order valence-electron chi connectivity index (χ4n) is 1.43. The molecule has 5 heteroatoms. The maximum Gasteiger partial charge on any atom is 0.328 e. The van der Waals surface area contributed by atoms with Gasteiger partial charge >= 0.3 is 5.97 Å². The van der Waals surface area contributed by atoms with Gasteiger partial charge in [-0.3, -0.25) is 4.79 Å². The smallest absolute Gasteiger partial charge is 0.328 e. The van der Waals surface area contributed by atoms with Gasteiger partial charge in [0.2, 0.25) is 0 Å². The molecule has 0 saturated heterocycles. The lowest BCUT2D eigenvalue weighted by molar-refractivity contribution is -0.139. The van der Waals surface area contributed by atoms with E-state index in [1.54, 1.807) is 24.3 Å². The van der Waals surface area contributed by atoms with Gasteiger partial charge in [0.1, 0.15) is 6.67 Å². The Morgan fingerprint density at radius 2 is 1.83 bits per heavy atom. The molecule has 0 radical (unpaired) electrons. The van der Waals surface area contributed by atoms with Gasteiger partial charge in [-0.25, -0.2) is 9.18 Å². The summed E-state index contributed by atoms with van der Waals surface area (Å²) in [5.74, 6) is -1.63. The topological polar surface area (TPSA) is 66.4 Å². The summed E-state index contributed by atoms with van der Waals surface area (Å²) in [7, 11) is 0. The SMILES string of the molecule is CC(C)c1ccc(C(=O)NC(CF)C(=O)O)cc1. The molecular formula is C13H16FNO3. The highest BCUT2D eigenvalue weighted by Crippen LogP contribution is 2.14. The average molecular weight is 253 g/mol. The molecule has 0 spiro atoms. The first-order valence-electron chi connectivity index (χ1n) is 5.65. The number of carboxylic acid groups (broad SMARTS) is 1. The largest absolute Gasteiger partial charge is 0.480 e. The number of hydrogen-bond donors (Lipinski definition) is 2. The third-order valence-electron chi connectivity index (χ3n) is 2.60. The number of carbonyl (C=O) groups is 2. The molecule has 1 amide bonds. The fraction of sp³-hybridized carbons (Fsp3) is 0.385. The number of aliphatic carboxylic acids is 1. The van der Waals surface area contributed by atoms with Crippen LogP contribution in [0.25, 0.3) is 0 Å². The summed E-state index contributed by atoms with van der Waals surface area (Å²) in [5, 5.41) is 10.7. The Kier molecular flexibility index (Phi) is 4.83. The van der Waals surface area contributed by atoms with E-state index < -0.39 is 24.6 Å². The van der Waals surface area contributed by atoms with Crippen molar-refractivity contribution >= 4 is 11.9 Å². The van der Waals surface area contributed by atoms with Crippen LogP contribution in [0.1, 0.15) is 35.7 Å². The Morgan fingerprint density at radius 3 is 2.22 bits per heavy atom. The zero-order valence-corrected chi connectivity index (χ0v) is 10.3. The van der Waals surface area contributed by atoms with Crippen molar-refractivity contribution in [3.63, 3.8) is 0 Å². The summed E-state index contributed by atoms with van der Waals surface area (Å²) >= 11 is 0. The third-order valence-corrected chi connectivity index (χ3v) is 2.60. The molecule has 2 N–H and O–H groups in total. The van der Waals surface area contributed by atoms with Gasteiger partial charge < -0.3 is 10.4 Å². The highest BCUT2D eigenvalue weighted by molar-refractivity contribution is 5.96. The van der Waals surface area contributed by atoms with Crippen LogP contribution in [0.2, 0.25) is 0 Å². The number of hydrogen-bond acceptors (Lipinski definition) is 2. The summed E-state index contributed by atoms with van der Waals surface area (Å²) in [6, 6.07) is 5.29. The van der Waals surface area contributed by atoms with Gasteiger partial charge in [-0.2, -0.15) is 0 Å². The van der Waals surface area contributed by atoms with Crippen LogP contribution in [0.15, 0.2) is 24.3 Å². The Bertz CT molecular complexity index is 428. The first kappa shape index (κ1) is 14.2. The van der Waals surface area contributed by atoms with Crippen molar-refractivity contribution in [3.05, 3.63) is 35.4 Å². The second-order valence-corrected chi connectivity index (χ2v) is 4.30. The maximum atomic E-state index is 12.4. The summed E-state index contributed by atoms with van der Waals surface area (Å²) in [5.41, 5.74) is 1.39. The zero-order chi connectivity index (χ0) is 13.7. The molecule has 0 aliphatic rings. The van der Waals surface area contributed by atoms with Crippen LogP contribution in [-0.2, 0) is 4.79 Å². The van der Waals surface area contributed by atoms with E-state index >= 15 is 0 Å². The van der Waals surface area contributed by atoms with Crippen LogP contribution in [0.4, 0.5) is 4.39 Å². The van der Waals surface area contributed by atoms with E-state index in [9.17, 15) is 14.0 Å². The van der Waals surface area contributed by atoms with E-state index in [0.717, 1.165) is 5.56 Å². The van der Waals surface area contributed by atoms with Crippen molar-refractivity contribution in [1.29, 1.82) is 0 Å². The third kappa shape index (κ3) is 3.55. The molecule has 1 atom stereocenters.